The first-order chi connectivity index (χ1) is 11.3. The van der Waals surface area contributed by atoms with Gasteiger partial charge in [-0.3, -0.25) is 9.80 Å². The predicted molar refractivity (Wildman–Crippen MR) is 93.5 cm³/mol. The van der Waals surface area contributed by atoms with Gasteiger partial charge in [-0.15, -0.1) is 0 Å². The van der Waals surface area contributed by atoms with E-state index in [2.05, 4.69) is 21.9 Å². The van der Waals surface area contributed by atoms with Crippen LogP contribution in [0.1, 0.15) is 50.5 Å². The van der Waals surface area contributed by atoms with Crippen LogP contribution in [0.2, 0.25) is 0 Å². The molecule has 4 rings (SSSR count). The highest BCUT2D eigenvalue weighted by atomic mass is 16.3. The molecule has 2 heterocycles. The monoisotopic (exact) mass is 314 g/mol. The number of nitrogens with zero attached hydrogens (tertiary/aromatic N) is 2. The smallest absolute Gasteiger partial charge is 0.115 e. The molecule has 0 bridgehead atoms. The second-order valence-corrected chi connectivity index (χ2v) is 7.77. The number of hydrogen-bond donors (Lipinski definition) is 1. The molecule has 1 aromatic carbocycles. The minimum absolute atomic E-state index is 0.373. The molecule has 126 valence electrons. The summed E-state index contributed by atoms with van der Waals surface area (Å²) in [5.74, 6) is 1.27. The number of piperazine rings is 1. The normalized spacial score (nSPS) is 30.4. The SMILES string of the molecule is Oc1ccc(CN2CCN3CCCC3C2C2CCCCC2)cc1. The highest BCUT2D eigenvalue weighted by molar-refractivity contribution is 5.26. The van der Waals surface area contributed by atoms with E-state index in [1.54, 1.807) is 0 Å². The maximum Gasteiger partial charge on any atom is 0.115 e. The van der Waals surface area contributed by atoms with Gasteiger partial charge in [0.15, 0.2) is 0 Å². The summed E-state index contributed by atoms with van der Waals surface area (Å²) in [6, 6.07) is 9.39. The van der Waals surface area contributed by atoms with Crippen LogP contribution in [-0.2, 0) is 6.54 Å². The molecule has 0 spiro atoms. The lowest BCUT2D eigenvalue weighted by molar-refractivity contribution is -0.00380. The molecule has 1 aliphatic carbocycles. The molecule has 1 N–H and O–H groups in total. The number of phenols is 1. The molecule has 3 nitrogen and oxygen atoms in total. The molecular weight excluding hydrogens is 284 g/mol. The zero-order valence-corrected chi connectivity index (χ0v) is 14.2. The molecule has 23 heavy (non-hydrogen) atoms. The minimum atomic E-state index is 0.373. The van der Waals surface area contributed by atoms with Crippen molar-refractivity contribution in [1.82, 2.24) is 9.80 Å². The fraction of sp³-hybridized carbons (Fsp3) is 0.700. The van der Waals surface area contributed by atoms with Gasteiger partial charge in [0, 0.05) is 31.7 Å². The van der Waals surface area contributed by atoms with Crippen LogP contribution in [0.5, 0.6) is 5.75 Å². The Balaban J connectivity index is 1.53. The topological polar surface area (TPSA) is 26.7 Å². The van der Waals surface area contributed by atoms with Crippen LogP contribution in [0.4, 0.5) is 0 Å². The largest absolute Gasteiger partial charge is 0.508 e. The molecule has 2 unspecified atom stereocenters. The van der Waals surface area contributed by atoms with Crippen molar-refractivity contribution in [1.29, 1.82) is 0 Å². The van der Waals surface area contributed by atoms with E-state index in [9.17, 15) is 5.11 Å². The Morgan fingerprint density at radius 2 is 1.65 bits per heavy atom. The van der Waals surface area contributed by atoms with Crippen molar-refractivity contribution in [3.63, 3.8) is 0 Å². The molecule has 3 heteroatoms. The Kier molecular flexibility index (Phi) is 4.59. The Morgan fingerprint density at radius 3 is 2.43 bits per heavy atom. The Hall–Kier alpha value is -1.06. The van der Waals surface area contributed by atoms with Crippen molar-refractivity contribution in [2.45, 2.75) is 63.6 Å². The summed E-state index contributed by atoms with van der Waals surface area (Å²) < 4.78 is 0. The molecule has 0 radical (unpaired) electrons. The molecule has 0 aromatic heterocycles. The fourth-order valence-corrected chi connectivity index (χ4v) is 5.27. The van der Waals surface area contributed by atoms with E-state index >= 15 is 0 Å². The van der Waals surface area contributed by atoms with E-state index in [0.29, 0.717) is 5.75 Å². The molecule has 2 atom stereocenters. The van der Waals surface area contributed by atoms with Crippen molar-refractivity contribution >= 4 is 0 Å². The Labute approximate surface area is 140 Å². The summed E-state index contributed by atoms with van der Waals surface area (Å²) in [6.45, 7) is 4.82. The molecule has 0 amide bonds. The minimum Gasteiger partial charge on any atom is -0.508 e. The third kappa shape index (κ3) is 3.27. The third-order valence-electron chi connectivity index (χ3n) is 6.36. The zero-order valence-electron chi connectivity index (χ0n) is 14.2. The van der Waals surface area contributed by atoms with Gasteiger partial charge in [-0.2, -0.15) is 0 Å². The fourth-order valence-electron chi connectivity index (χ4n) is 5.27. The highest BCUT2D eigenvalue weighted by Crippen LogP contribution is 2.38. The van der Waals surface area contributed by atoms with Crippen LogP contribution >= 0.6 is 0 Å². The van der Waals surface area contributed by atoms with Crippen LogP contribution in [0.25, 0.3) is 0 Å². The number of rotatable bonds is 3. The lowest BCUT2D eigenvalue weighted by Crippen LogP contribution is -2.59. The molecule has 2 saturated heterocycles. The standard InChI is InChI=1S/C20H30N2O/c23-18-10-8-16(9-11-18)15-22-14-13-21-12-4-7-19(21)20(22)17-5-2-1-3-6-17/h8-11,17,19-20,23H,1-7,12-15H2. The lowest BCUT2D eigenvalue weighted by Gasteiger charge is -2.49. The van der Waals surface area contributed by atoms with Gasteiger partial charge in [-0.1, -0.05) is 31.4 Å². The second kappa shape index (κ2) is 6.82. The predicted octanol–water partition coefficient (Wildman–Crippen LogP) is 3.62. The van der Waals surface area contributed by atoms with Crippen molar-refractivity contribution in [2.24, 2.45) is 5.92 Å². The first-order valence-electron chi connectivity index (χ1n) is 9.57. The molecule has 2 aliphatic heterocycles. The summed E-state index contributed by atoms with van der Waals surface area (Å²) in [4.78, 5) is 5.54. The van der Waals surface area contributed by atoms with Crippen LogP contribution in [-0.4, -0.2) is 46.6 Å². The van der Waals surface area contributed by atoms with Gasteiger partial charge in [0.1, 0.15) is 5.75 Å². The average molecular weight is 314 g/mol. The first kappa shape index (κ1) is 15.5. The molecule has 1 aromatic rings. The summed E-state index contributed by atoms with van der Waals surface area (Å²) in [7, 11) is 0. The quantitative estimate of drug-likeness (QED) is 0.923. The van der Waals surface area contributed by atoms with Crippen molar-refractivity contribution < 1.29 is 5.11 Å². The Bertz CT molecular complexity index is 509. The van der Waals surface area contributed by atoms with Gasteiger partial charge in [0.05, 0.1) is 0 Å². The van der Waals surface area contributed by atoms with E-state index in [4.69, 9.17) is 0 Å². The lowest BCUT2D eigenvalue weighted by atomic mass is 9.78. The van der Waals surface area contributed by atoms with Gasteiger partial charge in [-0.25, -0.2) is 0 Å². The summed E-state index contributed by atoms with van der Waals surface area (Å²) >= 11 is 0. The molecule has 1 saturated carbocycles. The molecule has 3 fully saturated rings. The number of phenolic OH excluding ortho intramolecular Hbond substituents is 1. The highest BCUT2D eigenvalue weighted by Gasteiger charge is 2.42. The Morgan fingerprint density at radius 1 is 0.870 bits per heavy atom. The number of fused-ring (bicyclic) bond motifs is 1. The van der Waals surface area contributed by atoms with Gasteiger partial charge in [0.2, 0.25) is 0 Å². The van der Waals surface area contributed by atoms with E-state index in [1.165, 1.54) is 70.1 Å². The van der Waals surface area contributed by atoms with Crippen LogP contribution in [0.3, 0.4) is 0 Å². The summed E-state index contributed by atoms with van der Waals surface area (Å²) in [5.41, 5.74) is 1.34. The van der Waals surface area contributed by atoms with Gasteiger partial charge in [-0.05, 0) is 55.8 Å². The van der Waals surface area contributed by atoms with E-state index in [1.807, 2.05) is 12.1 Å². The van der Waals surface area contributed by atoms with Crippen molar-refractivity contribution in [2.75, 3.05) is 19.6 Å². The maximum absolute atomic E-state index is 9.52. The number of hydrogen-bond acceptors (Lipinski definition) is 3. The van der Waals surface area contributed by atoms with E-state index in [0.717, 1.165) is 24.5 Å². The first-order valence-corrected chi connectivity index (χ1v) is 9.57. The maximum atomic E-state index is 9.52. The zero-order chi connectivity index (χ0) is 15.6. The van der Waals surface area contributed by atoms with E-state index in [-0.39, 0.29) is 0 Å². The average Bonchev–Trinajstić information content (AvgIpc) is 3.06. The van der Waals surface area contributed by atoms with Crippen LogP contribution < -0.4 is 0 Å². The second-order valence-electron chi connectivity index (χ2n) is 7.77. The number of aromatic hydroxyl groups is 1. The van der Waals surface area contributed by atoms with E-state index < -0.39 is 0 Å². The summed E-state index contributed by atoms with van der Waals surface area (Å²) in [5, 5.41) is 9.52. The summed E-state index contributed by atoms with van der Waals surface area (Å²) in [6.07, 6.45) is 9.95. The van der Waals surface area contributed by atoms with Gasteiger partial charge < -0.3 is 5.11 Å². The molecular formula is C20H30N2O. The number of benzene rings is 1. The van der Waals surface area contributed by atoms with Gasteiger partial charge >= 0.3 is 0 Å². The molecule has 3 aliphatic rings. The van der Waals surface area contributed by atoms with Crippen molar-refractivity contribution in [3.05, 3.63) is 29.8 Å². The van der Waals surface area contributed by atoms with Crippen molar-refractivity contribution in [3.8, 4) is 5.75 Å². The van der Waals surface area contributed by atoms with Gasteiger partial charge in [0.25, 0.3) is 0 Å². The van der Waals surface area contributed by atoms with Crippen LogP contribution in [0.15, 0.2) is 24.3 Å². The van der Waals surface area contributed by atoms with Crippen LogP contribution in [0, 0.1) is 5.92 Å². The third-order valence-corrected chi connectivity index (χ3v) is 6.36.